The minimum Gasteiger partial charge on any atom is -0.508 e. The molecule has 7 aliphatic rings. The molecule has 0 bridgehead atoms. The van der Waals surface area contributed by atoms with Crippen LogP contribution in [-0.4, -0.2) is 157 Å². The number of nitrogens with zero attached hydrogens (tertiary/aromatic N) is 8. The Bertz CT molecular complexity index is 3930. The van der Waals surface area contributed by atoms with Crippen LogP contribution in [0.1, 0.15) is 63.5 Å². The van der Waals surface area contributed by atoms with Crippen LogP contribution in [0, 0.1) is 59.8 Å². The Kier molecular flexibility index (Phi) is 18.6. The highest BCUT2D eigenvalue weighted by Gasteiger charge is 2.39. The predicted molar refractivity (Wildman–Crippen MR) is 330 cm³/mol. The van der Waals surface area contributed by atoms with E-state index in [0.717, 1.165) is 39.0 Å². The lowest BCUT2D eigenvalue weighted by molar-refractivity contribution is 0.122. The zero-order chi connectivity index (χ0) is 61.9. The fourth-order valence-corrected chi connectivity index (χ4v) is 13.6. The second-order valence-corrected chi connectivity index (χ2v) is 22.8. The van der Waals surface area contributed by atoms with Gasteiger partial charge in [-0.1, -0.05) is 50.0 Å². The van der Waals surface area contributed by atoms with Gasteiger partial charge in [-0.15, -0.1) is 12.8 Å². The molecule has 88 heavy (non-hydrogen) atoms. The average Bonchev–Trinajstić information content (AvgIpc) is 1.88. The van der Waals surface area contributed by atoms with E-state index in [4.69, 9.17) is 31.8 Å². The van der Waals surface area contributed by atoms with Gasteiger partial charge in [0.25, 0.3) is 0 Å². The number of morpholine rings is 1. The molecule has 0 amide bonds. The van der Waals surface area contributed by atoms with Crippen molar-refractivity contribution in [2.75, 3.05) is 103 Å². The van der Waals surface area contributed by atoms with Crippen LogP contribution < -0.4 is 19.3 Å². The third-order valence-electron chi connectivity index (χ3n) is 17.6. The number of ether oxygens (including phenoxy) is 4. The van der Waals surface area contributed by atoms with Gasteiger partial charge in [0.15, 0.2) is 11.6 Å². The molecule has 0 aliphatic carbocycles. The zero-order valence-electron chi connectivity index (χ0n) is 49.6. The van der Waals surface area contributed by atoms with Crippen LogP contribution in [0.15, 0.2) is 72.8 Å². The second kappa shape index (κ2) is 26.7. The summed E-state index contributed by atoms with van der Waals surface area (Å²) in [6.07, 6.45) is 16.8. The molecule has 2 aromatic heterocycles. The number of benzene rings is 6. The Morgan fingerprint density at radius 3 is 1.41 bits per heavy atom. The number of alkyl halides is 2. The van der Waals surface area contributed by atoms with E-state index in [2.05, 4.69) is 46.5 Å². The smallest absolute Gasteiger partial charge is 0.318 e. The van der Waals surface area contributed by atoms with Crippen molar-refractivity contribution in [3.63, 3.8) is 0 Å². The number of phenols is 2. The molecule has 0 saturated carbocycles. The summed E-state index contributed by atoms with van der Waals surface area (Å²) in [6.45, 7) is 12.9. The molecule has 6 aromatic carbocycles. The molecule has 2 N–H and O–H groups in total. The van der Waals surface area contributed by atoms with E-state index in [1.54, 1.807) is 24.3 Å². The first kappa shape index (κ1) is 61.5. The number of terminal acetylenes is 2. The number of hydrogen-bond donors (Lipinski definition) is 2. The third kappa shape index (κ3) is 12.2. The highest BCUT2D eigenvalue weighted by atomic mass is 19.2. The molecule has 6 atom stereocenters. The van der Waals surface area contributed by atoms with Crippen molar-refractivity contribution in [2.45, 2.75) is 76.8 Å². The quantitative estimate of drug-likeness (QED) is 0.120. The van der Waals surface area contributed by atoms with Crippen LogP contribution in [0.25, 0.3) is 65.6 Å². The van der Waals surface area contributed by atoms with E-state index in [9.17, 15) is 27.8 Å². The highest BCUT2D eigenvalue weighted by Crippen LogP contribution is 2.43. The number of hydrogen-bond acceptors (Lipinski definition) is 14. The van der Waals surface area contributed by atoms with E-state index in [0.29, 0.717) is 120 Å². The Hall–Kier alpha value is -8.14. The second-order valence-electron chi connectivity index (χ2n) is 22.8. The number of fused-ring (bicyclic) bond motifs is 7. The molecular weight excluding hydrogens is 1140 g/mol. The standard InChI is InChI=1S/C27H21F2N3O3.C25H19F2N3O3.2C7H12FN.C2H6/c1-3-18-22(28)7-4-14-8-17(33)9-21(23(14)18)19-5-6-20-25(24(19)29)30-27(34-2)31-26(20)32-10-15-12-35-13-16(15)11-32;1-3-16-20(26)7-4-14-12-15(31)13-19(21(14)16)17-5-6-18-23(22(17)27)28-25(32-2)29-24(18)30-8-10-33-11-9-30;2*8-6-4-7-2-1-3-9(7)5-6;1-2/h1,4-9,15-16,33H,10-13H2,2H3;1,4-7,12-13,31H,8-11H2,2H3;2*6-7H,1-5H2;1-2H3. The Labute approximate surface area is 507 Å². The molecule has 0 radical (unpaired) electrons. The lowest BCUT2D eigenvalue weighted by Gasteiger charge is -2.28. The third-order valence-corrected chi connectivity index (χ3v) is 17.6. The number of aromatic hydroxyl groups is 2. The lowest BCUT2D eigenvalue weighted by atomic mass is 9.93. The summed E-state index contributed by atoms with van der Waals surface area (Å²) in [7, 11) is 2.85. The van der Waals surface area contributed by atoms with Crippen LogP contribution in [0.5, 0.6) is 23.5 Å². The van der Waals surface area contributed by atoms with Gasteiger partial charge in [-0.3, -0.25) is 9.80 Å². The summed E-state index contributed by atoms with van der Waals surface area (Å²) in [5.41, 5.74) is 0.933. The van der Waals surface area contributed by atoms with Crippen molar-refractivity contribution in [1.82, 2.24) is 29.7 Å². The van der Waals surface area contributed by atoms with E-state index in [-0.39, 0.29) is 67.9 Å². The molecule has 20 heteroatoms. The van der Waals surface area contributed by atoms with Crippen LogP contribution in [-0.2, 0) is 9.47 Å². The van der Waals surface area contributed by atoms with Crippen molar-refractivity contribution >= 4 is 55.0 Å². The Morgan fingerprint density at radius 2 is 0.989 bits per heavy atom. The predicted octanol–water partition coefficient (Wildman–Crippen LogP) is 12.2. The number of methoxy groups -OCH3 is 2. The summed E-state index contributed by atoms with van der Waals surface area (Å²) >= 11 is 0. The van der Waals surface area contributed by atoms with Gasteiger partial charge in [-0.2, -0.15) is 19.9 Å². The fourth-order valence-electron chi connectivity index (χ4n) is 13.6. The molecule has 0 spiro atoms. The molecule has 15 rings (SSSR count). The first-order chi connectivity index (χ1) is 42.7. The fraction of sp³-hybridized carbons (Fsp3) is 0.412. The number of anilines is 2. The molecule has 7 aliphatic heterocycles. The van der Waals surface area contributed by atoms with E-state index < -0.39 is 35.6 Å². The monoisotopic (exact) mass is 1210 g/mol. The topological polar surface area (TPSA) is 142 Å². The van der Waals surface area contributed by atoms with Crippen LogP contribution in [0.3, 0.4) is 0 Å². The van der Waals surface area contributed by atoms with Crippen LogP contribution in [0.4, 0.5) is 38.0 Å². The van der Waals surface area contributed by atoms with E-state index >= 15 is 8.78 Å². The normalized spacial score (nSPS) is 21.9. The average molecular weight is 1210 g/mol. The molecule has 7 fully saturated rings. The number of phenolic OH excluding ortho intramolecular Hbond substituents is 2. The Morgan fingerprint density at radius 1 is 0.545 bits per heavy atom. The maximum atomic E-state index is 16.2. The Balaban J connectivity index is 0.000000138. The molecule has 6 unspecified atom stereocenters. The minimum absolute atomic E-state index is 0.00345. The maximum absolute atomic E-state index is 16.2. The lowest BCUT2D eigenvalue weighted by Crippen LogP contribution is -2.37. The van der Waals surface area contributed by atoms with Crippen LogP contribution >= 0.6 is 0 Å². The van der Waals surface area contributed by atoms with Crippen LogP contribution in [0.2, 0.25) is 0 Å². The van der Waals surface area contributed by atoms with Crippen molar-refractivity contribution in [2.24, 2.45) is 11.8 Å². The molecule has 7 saturated heterocycles. The number of rotatable bonds is 6. The molecular formula is C68H70F6N8O6. The van der Waals surface area contributed by atoms with Gasteiger partial charge in [0.1, 0.15) is 58.1 Å². The summed E-state index contributed by atoms with van der Waals surface area (Å²) in [6, 6.07) is 19.1. The molecule has 14 nitrogen and oxygen atoms in total. The van der Waals surface area contributed by atoms with Crippen molar-refractivity contribution in [1.29, 1.82) is 0 Å². The minimum atomic E-state index is -0.651. The summed E-state index contributed by atoms with van der Waals surface area (Å²) in [5, 5.41) is 23.3. The molecule has 9 heterocycles. The van der Waals surface area contributed by atoms with Gasteiger partial charge < -0.3 is 39.0 Å². The summed E-state index contributed by atoms with van der Waals surface area (Å²) in [5.74, 6) is 4.01. The highest BCUT2D eigenvalue weighted by molar-refractivity contribution is 6.05. The number of halogens is 6. The SMILES string of the molecule is C#Cc1c(F)ccc2cc(O)cc(-c3ccc4c(N5CC6COCC6C5)nc(OC)nc4c3F)c12.C#Cc1c(F)ccc2cc(O)cc(-c3ccc4c(N5CCOCC5)nc(OC)nc4c3F)c12.CC.FC1CC2CCCN2C1.FC1CC2CCCN2C1. The van der Waals surface area contributed by atoms with Gasteiger partial charge in [0, 0.05) is 95.9 Å². The van der Waals surface area contributed by atoms with Gasteiger partial charge in [0.05, 0.1) is 51.8 Å². The van der Waals surface area contributed by atoms with E-state index in [1.807, 2.05) is 18.7 Å². The van der Waals surface area contributed by atoms with Gasteiger partial charge in [-0.05, 0) is 122 Å². The van der Waals surface area contributed by atoms with Crippen molar-refractivity contribution in [3.05, 3.63) is 107 Å². The molecule has 460 valence electrons. The largest absolute Gasteiger partial charge is 0.508 e. The van der Waals surface area contributed by atoms with Gasteiger partial charge in [0.2, 0.25) is 0 Å². The summed E-state index contributed by atoms with van der Waals surface area (Å²) in [4.78, 5) is 26.2. The van der Waals surface area contributed by atoms with Gasteiger partial charge in [-0.25, -0.2) is 26.3 Å². The summed E-state index contributed by atoms with van der Waals surface area (Å²) < 4.78 is 108. The van der Waals surface area contributed by atoms with Crippen molar-refractivity contribution < 1.29 is 55.5 Å². The first-order valence-electron chi connectivity index (χ1n) is 30.1. The molecule has 8 aromatic rings. The zero-order valence-corrected chi connectivity index (χ0v) is 49.6. The van der Waals surface area contributed by atoms with Crippen molar-refractivity contribution in [3.8, 4) is 70.5 Å². The van der Waals surface area contributed by atoms with Gasteiger partial charge >= 0.3 is 12.0 Å². The first-order valence-corrected chi connectivity index (χ1v) is 30.1. The maximum Gasteiger partial charge on any atom is 0.318 e. The number of aromatic nitrogens is 4. The van der Waals surface area contributed by atoms with E-state index in [1.165, 1.54) is 88.4 Å².